The van der Waals surface area contributed by atoms with E-state index >= 15 is 0 Å². The van der Waals surface area contributed by atoms with Crippen LogP contribution in [0.5, 0.6) is 11.5 Å². The standard InChI is InChI=1S/C18H20N2O4/c1-4-20(14-8-6-5-7-9-14)18(22)17(21)19-13-10-11-15(23-2)16(12-13)24-3/h5-12H,4H2,1-3H3,(H,19,21). The average molecular weight is 328 g/mol. The third-order valence-electron chi connectivity index (χ3n) is 3.46. The number of amides is 2. The predicted molar refractivity (Wildman–Crippen MR) is 92.6 cm³/mol. The normalized spacial score (nSPS) is 9.96. The summed E-state index contributed by atoms with van der Waals surface area (Å²) < 4.78 is 10.3. The lowest BCUT2D eigenvalue weighted by Crippen LogP contribution is -2.39. The molecule has 2 aromatic rings. The van der Waals surface area contributed by atoms with E-state index in [-0.39, 0.29) is 0 Å². The number of para-hydroxylation sites is 1. The summed E-state index contributed by atoms with van der Waals surface area (Å²) >= 11 is 0. The molecule has 0 saturated carbocycles. The van der Waals surface area contributed by atoms with Gasteiger partial charge >= 0.3 is 11.8 Å². The highest BCUT2D eigenvalue weighted by Gasteiger charge is 2.22. The molecule has 0 atom stereocenters. The van der Waals surface area contributed by atoms with Crippen LogP contribution < -0.4 is 19.7 Å². The lowest BCUT2D eigenvalue weighted by Gasteiger charge is -2.20. The molecule has 0 bridgehead atoms. The second-order valence-corrected chi connectivity index (χ2v) is 4.91. The van der Waals surface area contributed by atoms with Gasteiger partial charge in [0.15, 0.2) is 11.5 Å². The lowest BCUT2D eigenvalue weighted by molar-refractivity contribution is -0.134. The minimum Gasteiger partial charge on any atom is -0.493 e. The fraction of sp³-hybridized carbons (Fsp3) is 0.222. The number of nitrogens with zero attached hydrogens (tertiary/aromatic N) is 1. The van der Waals surface area contributed by atoms with E-state index in [9.17, 15) is 9.59 Å². The molecule has 0 radical (unpaired) electrons. The van der Waals surface area contributed by atoms with Crippen LogP contribution in [0, 0.1) is 0 Å². The van der Waals surface area contributed by atoms with Gasteiger partial charge in [-0.1, -0.05) is 18.2 Å². The Morgan fingerprint density at radius 2 is 1.67 bits per heavy atom. The molecule has 1 N–H and O–H groups in total. The zero-order chi connectivity index (χ0) is 17.5. The summed E-state index contributed by atoms with van der Waals surface area (Å²) in [5.74, 6) is -0.328. The summed E-state index contributed by atoms with van der Waals surface area (Å²) in [4.78, 5) is 26.1. The molecular formula is C18H20N2O4. The fourth-order valence-corrected chi connectivity index (χ4v) is 2.27. The van der Waals surface area contributed by atoms with Gasteiger partial charge in [0.2, 0.25) is 0 Å². The summed E-state index contributed by atoms with van der Waals surface area (Å²) in [5, 5.41) is 2.59. The average Bonchev–Trinajstić information content (AvgIpc) is 2.63. The van der Waals surface area contributed by atoms with Gasteiger partial charge in [0, 0.05) is 24.0 Å². The van der Waals surface area contributed by atoms with E-state index in [1.807, 2.05) is 25.1 Å². The van der Waals surface area contributed by atoms with Gasteiger partial charge in [0.25, 0.3) is 0 Å². The molecular weight excluding hydrogens is 308 g/mol. The van der Waals surface area contributed by atoms with Crippen LogP contribution in [-0.2, 0) is 9.59 Å². The summed E-state index contributed by atoms with van der Waals surface area (Å²) in [6, 6.07) is 14.0. The third-order valence-corrected chi connectivity index (χ3v) is 3.46. The van der Waals surface area contributed by atoms with Crippen molar-refractivity contribution >= 4 is 23.2 Å². The maximum absolute atomic E-state index is 12.4. The number of methoxy groups -OCH3 is 2. The maximum atomic E-state index is 12.4. The maximum Gasteiger partial charge on any atom is 0.316 e. The SMILES string of the molecule is CCN(C(=O)C(=O)Nc1ccc(OC)c(OC)c1)c1ccccc1. The number of ether oxygens (including phenoxy) is 2. The number of likely N-dealkylation sites (N-methyl/N-ethyl adjacent to an activating group) is 1. The van der Waals surface area contributed by atoms with E-state index in [2.05, 4.69) is 5.32 Å². The molecule has 0 aliphatic heterocycles. The van der Waals surface area contributed by atoms with Gasteiger partial charge in [-0.15, -0.1) is 0 Å². The van der Waals surface area contributed by atoms with Crippen molar-refractivity contribution in [3.05, 3.63) is 48.5 Å². The molecule has 2 aromatic carbocycles. The smallest absolute Gasteiger partial charge is 0.316 e. The van der Waals surface area contributed by atoms with Gasteiger partial charge in [-0.05, 0) is 31.2 Å². The van der Waals surface area contributed by atoms with Gasteiger partial charge in [-0.25, -0.2) is 0 Å². The van der Waals surface area contributed by atoms with Gasteiger partial charge in [0.05, 0.1) is 14.2 Å². The van der Waals surface area contributed by atoms with Crippen molar-refractivity contribution in [1.82, 2.24) is 0 Å². The molecule has 2 amide bonds. The number of rotatable bonds is 5. The summed E-state index contributed by atoms with van der Waals surface area (Å²) in [5.41, 5.74) is 1.13. The second-order valence-electron chi connectivity index (χ2n) is 4.91. The van der Waals surface area contributed by atoms with Crippen LogP contribution in [0.1, 0.15) is 6.92 Å². The molecule has 0 unspecified atom stereocenters. The van der Waals surface area contributed by atoms with Crippen molar-refractivity contribution in [2.45, 2.75) is 6.92 Å². The van der Waals surface area contributed by atoms with E-state index in [1.54, 1.807) is 30.3 Å². The van der Waals surface area contributed by atoms with E-state index in [0.29, 0.717) is 29.4 Å². The Morgan fingerprint density at radius 1 is 1.00 bits per heavy atom. The number of carbonyl (C=O) groups excluding carboxylic acids is 2. The minimum atomic E-state index is -0.715. The molecule has 0 spiro atoms. The first-order valence-electron chi connectivity index (χ1n) is 7.50. The molecule has 6 heteroatoms. The van der Waals surface area contributed by atoms with Crippen LogP contribution in [0.3, 0.4) is 0 Å². The topological polar surface area (TPSA) is 67.9 Å². The Kier molecular flexibility index (Phi) is 5.78. The predicted octanol–water partition coefficient (Wildman–Crippen LogP) is 2.70. The van der Waals surface area contributed by atoms with Gasteiger partial charge in [0.1, 0.15) is 0 Å². The van der Waals surface area contributed by atoms with Crippen LogP contribution in [0.25, 0.3) is 0 Å². The molecule has 0 aromatic heterocycles. The Morgan fingerprint density at radius 3 is 2.25 bits per heavy atom. The molecule has 6 nitrogen and oxygen atoms in total. The number of anilines is 2. The number of benzene rings is 2. The Balaban J connectivity index is 2.15. The van der Waals surface area contributed by atoms with E-state index in [1.165, 1.54) is 19.1 Å². The number of hydrogen-bond donors (Lipinski definition) is 1. The molecule has 0 fully saturated rings. The van der Waals surface area contributed by atoms with E-state index in [4.69, 9.17) is 9.47 Å². The monoisotopic (exact) mass is 328 g/mol. The molecule has 0 aliphatic rings. The number of nitrogens with one attached hydrogen (secondary N) is 1. The van der Waals surface area contributed by atoms with Crippen LogP contribution in [-0.4, -0.2) is 32.6 Å². The van der Waals surface area contributed by atoms with E-state index < -0.39 is 11.8 Å². The Labute approximate surface area is 141 Å². The first-order chi connectivity index (χ1) is 11.6. The second kappa shape index (κ2) is 8.01. The van der Waals surface area contributed by atoms with Gasteiger partial charge in [-0.3, -0.25) is 9.59 Å². The van der Waals surface area contributed by atoms with Crippen LogP contribution in [0.2, 0.25) is 0 Å². The van der Waals surface area contributed by atoms with Crippen LogP contribution in [0.4, 0.5) is 11.4 Å². The van der Waals surface area contributed by atoms with Crippen molar-refractivity contribution in [1.29, 1.82) is 0 Å². The summed E-state index contributed by atoms with van der Waals surface area (Å²) in [6.45, 7) is 2.21. The van der Waals surface area contributed by atoms with Crippen LogP contribution in [0.15, 0.2) is 48.5 Å². The van der Waals surface area contributed by atoms with Crippen molar-refractivity contribution in [3.8, 4) is 11.5 Å². The lowest BCUT2D eigenvalue weighted by atomic mass is 10.2. The molecule has 0 heterocycles. The minimum absolute atomic E-state index is 0.391. The molecule has 0 saturated heterocycles. The first-order valence-corrected chi connectivity index (χ1v) is 7.50. The van der Waals surface area contributed by atoms with Gasteiger partial charge in [-0.2, -0.15) is 0 Å². The first kappa shape index (κ1) is 17.3. The summed E-state index contributed by atoms with van der Waals surface area (Å²) in [6.07, 6.45) is 0. The zero-order valence-electron chi connectivity index (χ0n) is 13.9. The van der Waals surface area contributed by atoms with Crippen molar-refractivity contribution in [2.75, 3.05) is 31.0 Å². The van der Waals surface area contributed by atoms with Crippen molar-refractivity contribution < 1.29 is 19.1 Å². The largest absolute Gasteiger partial charge is 0.493 e. The quantitative estimate of drug-likeness (QED) is 0.857. The van der Waals surface area contributed by atoms with Gasteiger partial charge < -0.3 is 19.7 Å². The molecule has 0 aliphatic carbocycles. The molecule has 2 rings (SSSR count). The molecule has 24 heavy (non-hydrogen) atoms. The van der Waals surface area contributed by atoms with Crippen LogP contribution >= 0.6 is 0 Å². The fourth-order valence-electron chi connectivity index (χ4n) is 2.27. The molecule has 126 valence electrons. The number of carbonyl (C=O) groups is 2. The highest BCUT2D eigenvalue weighted by Crippen LogP contribution is 2.29. The summed E-state index contributed by atoms with van der Waals surface area (Å²) in [7, 11) is 3.03. The zero-order valence-corrected chi connectivity index (χ0v) is 13.9. The highest BCUT2D eigenvalue weighted by molar-refractivity contribution is 6.44. The Bertz CT molecular complexity index is 716. The highest BCUT2D eigenvalue weighted by atomic mass is 16.5. The third kappa shape index (κ3) is 3.84. The van der Waals surface area contributed by atoms with Crippen molar-refractivity contribution in [2.24, 2.45) is 0 Å². The number of hydrogen-bond acceptors (Lipinski definition) is 4. The Hall–Kier alpha value is -3.02. The van der Waals surface area contributed by atoms with E-state index in [0.717, 1.165) is 0 Å². The van der Waals surface area contributed by atoms with Crippen molar-refractivity contribution in [3.63, 3.8) is 0 Å².